The molecule has 2 aliphatic rings. The van der Waals surface area contributed by atoms with Crippen molar-refractivity contribution >= 4 is 28.6 Å². The minimum atomic E-state index is -4.52. The van der Waals surface area contributed by atoms with E-state index in [1.807, 2.05) is 50.4 Å². The molecule has 6 rings (SSSR count). The number of hydrogen-bond donors (Lipinski definition) is 0. The first-order valence-corrected chi connectivity index (χ1v) is 16.3. The zero-order valence-corrected chi connectivity index (χ0v) is 26.4. The Morgan fingerprint density at radius 1 is 1.00 bits per heavy atom. The number of fused-ring (bicyclic) bond motifs is 1. The molecule has 0 unspecified atom stereocenters. The average Bonchev–Trinajstić information content (AvgIpc) is 3.69. The number of hydrogen-bond acceptors (Lipinski definition) is 6. The highest BCUT2D eigenvalue weighted by Crippen LogP contribution is 2.39. The van der Waals surface area contributed by atoms with Crippen molar-refractivity contribution in [2.45, 2.75) is 81.0 Å². The van der Waals surface area contributed by atoms with Gasteiger partial charge >= 0.3 is 6.18 Å². The summed E-state index contributed by atoms with van der Waals surface area (Å²) in [6.07, 6.45) is 1.54. The number of halogens is 3. The van der Waals surface area contributed by atoms with E-state index < -0.39 is 11.7 Å². The number of para-hydroxylation sites is 1. The summed E-state index contributed by atoms with van der Waals surface area (Å²) < 4.78 is 44.2. The molecule has 8 nitrogen and oxygen atoms in total. The van der Waals surface area contributed by atoms with Crippen LogP contribution in [0.3, 0.4) is 0 Å². The van der Waals surface area contributed by atoms with Crippen molar-refractivity contribution < 1.29 is 18.0 Å². The molecule has 238 valence electrons. The molecule has 1 aliphatic carbocycles. The summed E-state index contributed by atoms with van der Waals surface area (Å²) in [5, 5.41) is 9.92. The molecule has 1 saturated carbocycles. The van der Waals surface area contributed by atoms with Gasteiger partial charge in [-0.15, -0.1) is 16.9 Å². The summed E-state index contributed by atoms with van der Waals surface area (Å²) >= 11 is 1.53. The maximum Gasteiger partial charge on any atom is 0.416 e. The van der Waals surface area contributed by atoms with Crippen molar-refractivity contribution in [3.8, 4) is 0 Å². The monoisotopic (exact) mass is 638 g/mol. The molecule has 45 heavy (non-hydrogen) atoms. The van der Waals surface area contributed by atoms with Crippen LogP contribution >= 0.6 is 11.8 Å². The smallest absolute Gasteiger partial charge is 0.335 e. The molecule has 4 aromatic rings. The summed E-state index contributed by atoms with van der Waals surface area (Å²) in [7, 11) is 1.76. The Bertz CT molecular complexity index is 1750. The van der Waals surface area contributed by atoms with E-state index in [1.54, 1.807) is 21.2 Å². The number of aryl methyl sites for hydroxylation is 1. The van der Waals surface area contributed by atoms with Crippen LogP contribution in [0.2, 0.25) is 0 Å². The molecule has 1 amide bonds. The predicted molar refractivity (Wildman–Crippen MR) is 168 cm³/mol. The normalized spacial score (nSPS) is 19.9. The third kappa shape index (κ3) is 6.67. The van der Waals surface area contributed by atoms with Gasteiger partial charge in [-0.25, -0.2) is 4.68 Å². The predicted octanol–water partition coefficient (Wildman–Crippen LogP) is 5.97. The fourth-order valence-electron chi connectivity index (χ4n) is 6.62. The second-order valence-electron chi connectivity index (χ2n) is 12.3. The first kappa shape index (κ1) is 31.3. The Balaban J connectivity index is 1.15. The van der Waals surface area contributed by atoms with Crippen LogP contribution in [0, 0.1) is 0 Å². The second kappa shape index (κ2) is 12.6. The Morgan fingerprint density at radius 2 is 1.71 bits per heavy atom. The number of aromatic nitrogens is 4. The van der Waals surface area contributed by atoms with Crippen LogP contribution in [0.25, 0.3) is 10.9 Å². The van der Waals surface area contributed by atoms with Crippen molar-refractivity contribution in [1.82, 2.24) is 29.4 Å². The number of carbonyl (C=O) groups is 1. The van der Waals surface area contributed by atoms with Gasteiger partial charge in [-0.1, -0.05) is 36.3 Å². The summed E-state index contributed by atoms with van der Waals surface area (Å²) in [5.74, 6) is -0.358. The maximum absolute atomic E-state index is 13.8. The lowest BCUT2D eigenvalue weighted by atomic mass is 10.0. The Morgan fingerprint density at radius 3 is 2.42 bits per heavy atom. The van der Waals surface area contributed by atoms with Gasteiger partial charge in [-0.05, 0) is 62.4 Å². The minimum absolute atomic E-state index is 0.0626. The van der Waals surface area contributed by atoms with E-state index in [4.69, 9.17) is 0 Å². The van der Waals surface area contributed by atoms with E-state index in [9.17, 15) is 22.8 Å². The van der Waals surface area contributed by atoms with E-state index >= 15 is 0 Å². The number of benzene rings is 2. The van der Waals surface area contributed by atoms with E-state index in [-0.39, 0.29) is 35.7 Å². The van der Waals surface area contributed by atoms with Crippen molar-refractivity contribution in [3.63, 3.8) is 0 Å². The SMILES string of the molecule is C[C@@H]1CN(C(=O)c2cc(C(F)(F)F)ccc2SC2CCCC2)C[C@H](C)N1Cc1cn(Cc2cc3ccccc3n(C)c2=O)nn1. The van der Waals surface area contributed by atoms with E-state index in [0.717, 1.165) is 54.4 Å². The Hall–Kier alpha value is -3.64. The molecule has 0 bridgehead atoms. The van der Waals surface area contributed by atoms with Crippen molar-refractivity contribution in [2.24, 2.45) is 7.05 Å². The fourth-order valence-corrected chi connectivity index (χ4v) is 7.97. The highest BCUT2D eigenvalue weighted by atomic mass is 32.2. The number of rotatable bonds is 7. The topological polar surface area (TPSA) is 76.3 Å². The number of thioether (sulfide) groups is 1. The van der Waals surface area contributed by atoms with E-state index in [2.05, 4.69) is 15.2 Å². The molecule has 1 saturated heterocycles. The second-order valence-corrected chi connectivity index (χ2v) is 13.7. The van der Waals surface area contributed by atoms with Gasteiger partial charge in [0.1, 0.15) is 0 Å². The van der Waals surface area contributed by atoms with Gasteiger partial charge in [-0.2, -0.15) is 13.2 Å². The first-order chi connectivity index (χ1) is 21.5. The third-order valence-corrected chi connectivity index (χ3v) is 10.4. The largest absolute Gasteiger partial charge is 0.416 e. The molecule has 1 aliphatic heterocycles. The number of piperazine rings is 1. The molecule has 2 atom stereocenters. The molecule has 12 heteroatoms. The van der Waals surface area contributed by atoms with Crippen LogP contribution in [0.1, 0.15) is 66.7 Å². The highest BCUT2D eigenvalue weighted by Gasteiger charge is 2.36. The molecule has 3 heterocycles. The van der Waals surface area contributed by atoms with Crippen molar-refractivity contribution in [1.29, 1.82) is 0 Å². The van der Waals surface area contributed by atoms with E-state index in [1.165, 1.54) is 17.8 Å². The van der Waals surface area contributed by atoms with Gasteiger partial charge in [0.2, 0.25) is 0 Å². The van der Waals surface area contributed by atoms with E-state index in [0.29, 0.717) is 35.3 Å². The minimum Gasteiger partial charge on any atom is -0.335 e. The average molecular weight is 639 g/mol. The third-order valence-electron chi connectivity index (χ3n) is 8.99. The number of pyridine rings is 1. The molecule has 0 radical (unpaired) electrons. The van der Waals surface area contributed by atoms with Gasteiger partial charge < -0.3 is 9.47 Å². The first-order valence-electron chi connectivity index (χ1n) is 15.4. The van der Waals surface area contributed by atoms with Gasteiger partial charge in [0, 0.05) is 54.5 Å². The summed E-state index contributed by atoms with van der Waals surface area (Å²) in [6, 6.07) is 13.1. The lowest BCUT2D eigenvalue weighted by molar-refractivity contribution is -0.137. The molecule has 2 aromatic heterocycles. The number of amides is 1. The number of alkyl halides is 3. The standard InChI is InChI=1S/C33H37F3N6O2S/c1-21-16-40(32(44)28-15-25(33(34,35)36)12-13-30(28)45-27-9-5-6-10-27)17-22(2)42(21)20-26-19-41(38-37-26)18-24-14-23-8-4-7-11-29(23)39(3)31(24)43/h4,7-8,11-15,19,21-22,27H,5-6,9-10,16-18,20H2,1-3H3/t21-,22+. The van der Waals surface area contributed by atoms with Crippen molar-refractivity contribution in [2.75, 3.05) is 13.1 Å². The Labute approximate surface area is 264 Å². The zero-order chi connectivity index (χ0) is 31.9. The fraction of sp³-hybridized carbons (Fsp3) is 0.455. The zero-order valence-electron chi connectivity index (χ0n) is 25.6. The number of carbonyl (C=O) groups excluding carboxylic acids is 1. The lowest BCUT2D eigenvalue weighted by Crippen LogP contribution is -2.57. The van der Waals surface area contributed by atoms with Crippen molar-refractivity contribution in [3.05, 3.63) is 87.5 Å². The van der Waals surface area contributed by atoms with Gasteiger partial charge in [-0.3, -0.25) is 14.5 Å². The van der Waals surface area contributed by atoms with Crippen LogP contribution < -0.4 is 5.56 Å². The molecular formula is C33H37F3N6O2S. The Kier molecular flexibility index (Phi) is 8.80. The maximum atomic E-state index is 13.8. The number of nitrogens with zero attached hydrogens (tertiary/aromatic N) is 6. The van der Waals surface area contributed by atoms with Crippen LogP contribution in [0.5, 0.6) is 0 Å². The molecular weight excluding hydrogens is 601 g/mol. The molecule has 0 spiro atoms. The van der Waals surface area contributed by atoms with Crippen LogP contribution in [-0.2, 0) is 26.3 Å². The lowest BCUT2D eigenvalue weighted by Gasteiger charge is -2.44. The van der Waals surface area contributed by atoms with Crippen LogP contribution in [-0.4, -0.2) is 65.7 Å². The quantitative estimate of drug-likeness (QED) is 0.249. The summed E-state index contributed by atoms with van der Waals surface area (Å²) in [4.78, 5) is 31.3. The highest BCUT2D eigenvalue weighted by molar-refractivity contribution is 8.00. The van der Waals surface area contributed by atoms with Crippen LogP contribution in [0.4, 0.5) is 13.2 Å². The van der Waals surface area contributed by atoms with Gasteiger partial charge in [0.05, 0.1) is 35.1 Å². The summed E-state index contributed by atoms with van der Waals surface area (Å²) in [5.41, 5.74) is 1.46. The van der Waals surface area contributed by atoms with Crippen LogP contribution in [0.15, 0.2) is 64.4 Å². The summed E-state index contributed by atoms with van der Waals surface area (Å²) in [6.45, 7) is 5.57. The molecule has 0 N–H and O–H groups in total. The molecule has 2 fully saturated rings. The van der Waals surface area contributed by atoms with Gasteiger partial charge in [0.15, 0.2) is 0 Å². The molecule has 2 aromatic carbocycles. The van der Waals surface area contributed by atoms with Gasteiger partial charge in [0.25, 0.3) is 11.5 Å².